The number of carbonyl (C=O) groups is 4. The van der Waals surface area contributed by atoms with Crippen LogP contribution in [0.15, 0.2) is 72.8 Å². The number of hydrogen-bond donors (Lipinski definition) is 4. The predicted molar refractivity (Wildman–Crippen MR) is 176 cm³/mol. The normalized spacial score (nSPS) is 19.0. The molecule has 3 aromatic carbocycles. The fourth-order valence-electron chi connectivity index (χ4n) is 6.65. The SMILES string of the molecule is O=C(COc1ccc([C@@H]2[C@@H](CC[C@H](O)c3ccc(F)cc3)C(=O)N2c2ccc(F)cc2)cc1)NCC(=O)N[C@H](CC1CCCCC1)C(=O)O. The molecule has 4 N–H and O–H groups in total. The summed E-state index contributed by atoms with van der Waals surface area (Å²) in [5, 5.41) is 25.2. The maximum atomic E-state index is 13.6. The second kappa shape index (κ2) is 16.5. The summed E-state index contributed by atoms with van der Waals surface area (Å²) in [5.74, 6) is -3.13. The summed E-state index contributed by atoms with van der Waals surface area (Å²) in [6, 6.07) is 16.5. The molecule has 3 amide bonds. The first-order valence-corrected chi connectivity index (χ1v) is 16.6. The Morgan fingerprint density at radius 3 is 2.14 bits per heavy atom. The van der Waals surface area contributed by atoms with E-state index in [4.69, 9.17) is 4.74 Å². The number of aliphatic carboxylic acids is 1. The highest BCUT2D eigenvalue weighted by atomic mass is 19.1. The molecule has 12 heteroatoms. The molecule has 1 aliphatic carbocycles. The van der Waals surface area contributed by atoms with Gasteiger partial charge in [-0.3, -0.25) is 14.4 Å². The van der Waals surface area contributed by atoms with Crippen LogP contribution in [0.4, 0.5) is 14.5 Å². The van der Waals surface area contributed by atoms with Gasteiger partial charge in [-0.25, -0.2) is 13.6 Å². The standard InChI is InChI=1S/C37H41F2N3O7/c38-26-10-6-24(7-11-26)32(43)19-18-30-35(42(36(30)46)28-14-12-27(39)13-15-28)25-8-16-29(17-9-25)49-22-34(45)40-21-33(44)41-31(37(47)48)20-23-4-2-1-3-5-23/h6-17,23,30-32,35,43H,1-5,18-22H2,(H,40,45)(H,41,44)(H,47,48)/t30-,31-,32+,35-/m1/s1. The summed E-state index contributed by atoms with van der Waals surface area (Å²) in [4.78, 5) is 51.4. The molecule has 260 valence electrons. The second-order valence-electron chi connectivity index (χ2n) is 12.7. The van der Waals surface area contributed by atoms with Gasteiger partial charge in [-0.2, -0.15) is 0 Å². The summed E-state index contributed by atoms with van der Waals surface area (Å²) in [5.41, 5.74) is 1.83. The van der Waals surface area contributed by atoms with Gasteiger partial charge in [-0.05, 0) is 84.8 Å². The van der Waals surface area contributed by atoms with Crippen molar-refractivity contribution in [2.75, 3.05) is 18.1 Å². The van der Waals surface area contributed by atoms with Gasteiger partial charge in [0.05, 0.1) is 24.6 Å². The first kappa shape index (κ1) is 35.5. The molecule has 4 atom stereocenters. The number of nitrogens with one attached hydrogen (secondary N) is 2. The summed E-state index contributed by atoms with van der Waals surface area (Å²) >= 11 is 0. The van der Waals surface area contributed by atoms with Gasteiger partial charge < -0.3 is 30.5 Å². The molecule has 1 saturated carbocycles. The van der Waals surface area contributed by atoms with Crippen molar-refractivity contribution in [2.45, 2.75) is 69.6 Å². The fourth-order valence-corrected chi connectivity index (χ4v) is 6.65. The molecule has 0 aromatic heterocycles. The van der Waals surface area contributed by atoms with Crippen LogP contribution in [-0.4, -0.2) is 53.1 Å². The minimum absolute atomic E-state index is 0.174. The number of nitrogens with zero attached hydrogens (tertiary/aromatic N) is 1. The topological polar surface area (TPSA) is 145 Å². The second-order valence-corrected chi connectivity index (χ2v) is 12.7. The third kappa shape index (κ3) is 9.41. The van der Waals surface area contributed by atoms with Crippen molar-refractivity contribution in [3.63, 3.8) is 0 Å². The van der Waals surface area contributed by atoms with E-state index in [9.17, 15) is 38.2 Å². The molecule has 5 rings (SSSR count). The zero-order chi connectivity index (χ0) is 34.9. The first-order chi connectivity index (χ1) is 23.6. The quantitative estimate of drug-likeness (QED) is 0.162. The molecule has 3 aromatic rings. The van der Waals surface area contributed by atoms with Crippen LogP contribution in [0.2, 0.25) is 0 Å². The first-order valence-electron chi connectivity index (χ1n) is 16.6. The average Bonchev–Trinajstić information content (AvgIpc) is 3.10. The maximum absolute atomic E-state index is 13.6. The molecule has 2 aliphatic rings. The van der Waals surface area contributed by atoms with E-state index in [1.54, 1.807) is 29.2 Å². The average molecular weight is 678 g/mol. The van der Waals surface area contributed by atoms with E-state index in [1.165, 1.54) is 48.5 Å². The molecule has 0 radical (unpaired) electrons. The largest absolute Gasteiger partial charge is 0.484 e. The van der Waals surface area contributed by atoms with E-state index >= 15 is 0 Å². The number of ether oxygens (including phenoxy) is 1. The lowest BCUT2D eigenvalue weighted by Crippen LogP contribution is -2.55. The van der Waals surface area contributed by atoms with Crippen molar-refractivity contribution in [1.29, 1.82) is 0 Å². The molecule has 0 spiro atoms. The number of carboxylic acids is 1. The predicted octanol–water partition coefficient (Wildman–Crippen LogP) is 5.22. The third-order valence-electron chi connectivity index (χ3n) is 9.29. The Kier molecular flexibility index (Phi) is 12.0. The highest BCUT2D eigenvalue weighted by Gasteiger charge is 2.48. The van der Waals surface area contributed by atoms with Crippen molar-refractivity contribution in [2.24, 2.45) is 11.8 Å². The van der Waals surface area contributed by atoms with Gasteiger partial charge in [0.2, 0.25) is 11.8 Å². The van der Waals surface area contributed by atoms with Gasteiger partial charge in [0.1, 0.15) is 23.4 Å². The molecule has 1 saturated heterocycles. The van der Waals surface area contributed by atoms with Crippen molar-refractivity contribution in [3.05, 3.63) is 95.6 Å². The van der Waals surface area contributed by atoms with Crippen molar-refractivity contribution >= 4 is 29.4 Å². The van der Waals surface area contributed by atoms with E-state index in [1.807, 2.05) is 0 Å². The van der Waals surface area contributed by atoms with Crippen molar-refractivity contribution < 1.29 is 42.9 Å². The van der Waals surface area contributed by atoms with E-state index in [0.717, 1.165) is 37.7 Å². The lowest BCUT2D eigenvalue weighted by Gasteiger charge is -2.48. The van der Waals surface area contributed by atoms with Gasteiger partial charge in [-0.1, -0.05) is 56.4 Å². The number of halogens is 2. The number of β-lactam (4-membered cyclic amide) rings is 1. The minimum atomic E-state index is -1.10. The third-order valence-corrected chi connectivity index (χ3v) is 9.29. The number of aliphatic hydroxyl groups is 1. The van der Waals surface area contributed by atoms with Crippen LogP contribution in [0.5, 0.6) is 5.75 Å². The van der Waals surface area contributed by atoms with Gasteiger partial charge in [0, 0.05) is 5.69 Å². The van der Waals surface area contributed by atoms with Gasteiger partial charge >= 0.3 is 5.97 Å². The van der Waals surface area contributed by atoms with E-state index in [2.05, 4.69) is 10.6 Å². The van der Waals surface area contributed by atoms with Crippen LogP contribution >= 0.6 is 0 Å². The molecular formula is C37H41F2N3O7. The minimum Gasteiger partial charge on any atom is -0.484 e. The molecule has 0 unspecified atom stereocenters. The highest BCUT2D eigenvalue weighted by molar-refractivity contribution is 6.03. The van der Waals surface area contributed by atoms with Crippen LogP contribution in [0, 0.1) is 23.5 Å². The Bertz CT molecular complexity index is 1600. The van der Waals surface area contributed by atoms with Gasteiger partial charge in [-0.15, -0.1) is 0 Å². The molecule has 2 fully saturated rings. The summed E-state index contributed by atoms with van der Waals surface area (Å²) < 4.78 is 32.6. The Balaban J connectivity index is 1.15. The Morgan fingerprint density at radius 2 is 1.51 bits per heavy atom. The molecule has 49 heavy (non-hydrogen) atoms. The van der Waals surface area contributed by atoms with Crippen molar-refractivity contribution in [3.8, 4) is 5.75 Å². The van der Waals surface area contributed by atoms with Gasteiger partial charge in [0.25, 0.3) is 5.91 Å². The highest BCUT2D eigenvalue weighted by Crippen LogP contribution is 2.46. The van der Waals surface area contributed by atoms with E-state index in [-0.39, 0.29) is 31.4 Å². The number of aliphatic hydroxyl groups excluding tert-OH is 1. The summed E-state index contributed by atoms with van der Waals surface area (Å²) in [7, 11) is 0. The molecule has 1 aliphatic heterocycles. The number of benzene rings is 3. The zero-order valence-electron chi connectivity index (χ0n) is 27.0. The van der Waals surface area contributed by atoms with Crippen LogP contribution in [0.3, 0.4) is 0 Å². The van der Waals surface area contributed by atoms with Crippen LogP contribution in [-0.2, 0) is 19.2 Å². The molecular weight excluding hydrogens is 636 g/mol. The fraction of sp³-hybridized carbons (Fsp3) is 0.405. The van der Waals surface area contributed by atoms with E-state index < -0.39 is 53.5 Å². The van der Waals surface area contributed by atoms with Gasteiger partial charge in [0.15, 0.2) is 6.61 Å². The summed E-state index contributed by atoms with van der Waals surface area (Å²) in [6.45, 7) is -0.771. The Hall–Kier alpha value is -4.84. The maximum Gasteiger partial charge on any atom is 0.326 e. The number of hydrogen-bond acceptors (Lipinski definition) is 6. The summed E-state index contributed by atoms with van der Waals surface area (Å²) in [6.07, 6.45) is 5.25. The molecule has 1 heterocycles. The smallest absolute Gasteiger partial charge is 0.326 e. The molecule has 10 nitrogen and oxygen atoms in total. The monoisotopic (exact) mass is 677 g/mol. The number of amides is 3. The van der Waals surface area contributed by atoms with Crippen LogP contribution in [0.25, 0.3) is 0 Å². The van der Waals surface area contributed by atoms with Crippen LogP contribution in [0.1, 0.15) is 74.6 Å². The lowest BCUT2D eigenvalue weighted by molar-refractivity contribution is -0.142. The Labute approximate surface area is 283 Å². The zero-order valence-corrected chi connectivity index (χ0v) is 27.0. The molecule has 0 bridgehead atoms. The van der Waals surface area contributed by atoms with Crippen LogP contribution < -0.4 is 20.3 Å². The van der Waals surface area contributed by atoms with Crippen molar-refractivity contribution in [1.82, 2.24) is 10.6 Å². The lowest BCUT2D eigenvalue weighted by atomic mass is 9.78. The number of carbonyl (C=O) groups excluding carboxylic acids is 3. The number of rotatable bonds is 15. The Morgan fingerprint density at radius 1 is 0.878 bits per heavy atom. The van der Waals surface area contributed by atoms with E-state index in [0.29, 0.717) is 29.8 Å². The number of anilines is 1. The number of carboxylic acid groups (broad SMARTS) is 1.